The van der Waals surface area contributed by atoms with Gasteiger partial charge in [-0.3, -0.25) is 0 Å². The number of aryl methyl sites for hydroxylation is 1. The topological polar surface area (TPSA) is 0 Å². The Morgan fingerprint density at radius 1 is 0.958 bits per heavy atom. The van der Waals surface area contributed by atoms with Crippen LogP contribution in [0.4, 0.5) is 0 Å². The lowest BCUT2D eigenvalue weighted by Gasteiger charge is -2.59. The SMILES string of the molecule is Cc1ccc2cccc(C(C)C3(C)CC4CC[C@@H]3CC4(C)C)c2c1. The molecule has 3 fully saturated rings. The number of hydrogen-bond donors (Lipinski definition) is 0. The first-order chi connectivity index (χ1) is 11.3. The molecule has 3 aliphatic carbocycles. The average Bonchev–Trinajstić information content (AvgIpc) is 2.54. The Kier molecular flexibility index (Phi) is 3.61. The fourth-order valence-electron chi connectivity index (χ4n) is 6.01. The summed E-state index contributed by atoms with van der Waals surface area (Å²) in [5, 5.41) is 2.88. The molecule has 0 radical (unpaired) electrons. The molecule has 0 heteroatoms. The highest BCUT2D eigenvalue weighted by molar-refractivity contribution is 5.87. The maximum Gasteiger partial charge on any atom is -0.0127 e. The molecule has 5 rings (SSSR count). The van der Waals surface area contributed by atoms with Gasteiger partial charge in [-0.1, -0.05) is 69.7 Å². The van der Waals surface area contributed by atoms with Crippen molar-refractivity contribution in [1.29, 1.82) is 0 Å². The van der Waals surface area contributed by atoms with Crippen molar-refractivity contribution >= 4 is 10.8 Å². The van der Waals surface area contributed by atoms with Crippen LogP contribution in [0.15, 0.2) is 36.4 Å². The summed E-state index contributed by atoms with van der Waals surface area (Å²) in [7, 11) is 0. The third-order valence-electron chi connectivity index (χ3n) is 7.89. The molecule has 0 aromatic heterocycles. The zero-order valence-corrected chi connectivity index (χ0v) is 16.0. The fourth-order valence-corrected chi connectivity index (χ4v) is 6.01. The van der Waals surface area contributed by atoms with E-state index >= 15 is 0 Å². The van der Waals surface area contributed by atoms with E-state index < -0.39 is 0 Å². The third-order valence-corrected chi connectivity index (χ3v) is 7.89. The summed E-state index contributed by atoms with van der Waals surface area (Å²) in [6, 6.07) is 13.9. The van der Waals surface area contributed by atoms with Gasteiger partial charge in [0.25, 0.3) is 0 Å². The van der Waals surface area contributed by atoms with Crippen molar-refractivity contribution in [3.8, 4) is 0 Å². The van der Waals surface area contributed by atoms with E-state index in [2.05, 4.69) is 71.0 Å². The highest BCUT2D eigenvalue weighted by Crippen LogP contribution is 2.64. The standard InChI is InChI=1S/C24H32/c1-16-9-10-18-7-6-8-21(22(18)13-16)17(2)24(5)15-19-11-12-20(24)14-23(19,3)4/h6-10,13,17,19-20H,11-12,14-15H2,1-5H3/t17?,19?,20-,24?/m1/s1. The molecular formula is C24H32. The van der Waals surface area contributed by atoms with E-state index in [1.165, 1.54) is 42.0 Å². The first-order valence-electron chi connectivity index (χ1n) is 9.80. The van der Waals surface area contributed by atoms with Gasteiger partial charge in [0.05, 0.1) is 0 Å². The smallest absolute Gasteiger partial charge is 0.0127 e. The third kappa shape index (κ3) is 2.33. The summed E-state index contributed by atoms with van der Waals surface area (Å²) in [4.78, 5) is 0. The van der Waals surface area contributed by atoms with Gasteiger partial charge in [-0.25, -0.2) is 0 Å². The molecule has 0 heterocycles. The molecule has 4 atom stereocenters. The lowest BCUT2D eigenvalue weighted by molar-refractivity contribution is -0.0787. The van der Waals surface area contributed by atoms with Crippen LogP contribution in [0.2, 0.25) is 0 Å². The minimum atomic E-state index is 0.455. The Morgan fingerprint density at radius 2 is 1.71 bits per heavy atom. The highest BCUT2D eigenvalue weighted by atomic mass is 14.6. The maximum absolute atomic E-state index is 2.60. The lowest BCUT2D eigenvalue weighted by atomic mass is 9.45. The molecule has 2 aromatic rings. The van der Waals surface area contributed by atoms with Gasteiger partial charge < -0.3 is 0 Å². The Balaban J connectivity index is 1.77. The fraction of sp³-hybridized carbons (Fsp3) is 0.583. The van der Waals surface area contributed by atoms with Gasteiger partial charge in [-0.05, 0) is 77.5 Å². The predicted octanol–water partition coefficient (Wildman–Crippen LogP) is 7.10. The summed E-state index contributed by atoms with van der Waals surface area (Å²) >= 11 is 0. The molecule has 2 bridgehead atoms. The largest absolute Gasteiger partial charge is 0.0613 e. The van der Waals surface area contributed by atoms with E-state index in [1.807, 2.05) is 0 Å². The molecule has 0 aliphatic heterocycles. The number of fused-ring (bicyclic) bond motifs is 4. The summed E-state index contributed by atoms with van der Waals surface area (Å²) in [6.07, 6.45) is 5.73. The molecule has 24 heavy (non-hydrogen) atoms. The summed E-state index contributed by atoms with van der Waals surface area (Å²) in [6.45, 7) is 12.3. The average molecular weight is 321 g/mol. The molecule has 3 unspecified atom stereocenters. The highest BCUT2D eigenvalue weighted by Gasteiger charge is 2.53. The van der Waals surface area contributed by atoms with Crippen LogP contribution in [-0.2, 0) is 0 Å². The van der Waals surface area contributed by atoms with E-state index in [-0.39, 0.29) is 0 Å². The van der Waals surface area contributed by atoms with Crippen LogP contribution in [0.3, 0.4) is 0 Å². The van der Waals surface area contributed by atoms with Crippen molar-refractivity contribution < 1.29 is 0 Å². The van der Waals surface area contributed by atoms with Gasteiger partial charge >= 0.3 is 0 Å². The second-order valence-corrected chi connectivity index (χ2v) is 9.67. The number of rotatable bonds is 2. The summed E-state index contributed by atoms with van der Waals surface area (Å²) < 4.78 is 0. The van der Waals surface area contributed by atoms with Gasteiger partial charge in [0.15, 0.2) is 0 Å². The van der Waals surface area contributed by atoms with Crippen LogP contribution in [0.1, 0.15) is 70.4 Å². The quantitative estimate of drug-likeness (QED) is 0.553. The normalized spacial score (nSPS) is 32.9. The molecule has 3 aliphatic rings. The first kappa shape index (κ1) is 16.2. The molecule has 0 N–H and O–H groups in total. The van der Waals surface area contributed by atoms with Crippen LogP contribution in [-0.4, -0.2) is 0 Å². The van der Waals surface area contributed by atoms with Gasteiger partial charge in [0.1, 0.15) is 0 Å². The zero-order chi connectivity index (χ0) is 17.1. The second kappa shape index (κ2) is 5.35. The minimum Gasteiger partial charge on any atom is -0.0613 e. The number of hydrogen-bond acceptors (Lipinski definition) is 0. The predicted molar refractivity (Wildman–Crippen MR) is 104 cm³/mol. The molecule has 0 amide bonds. The van der Waals surface area contributed by atoms with Crippen molar-refractivity contribution in [2.75, 3.05) is 0 Å². The van der Waals surface area contributed by atoms with Crippen molar-refractivity contribution in [1.82, 2.24) is 0 Å². The minimum absolute atomic E-state index is 0.455. The van der Waals surface area contributed by atoms with Crippen LogP contribution < -0.4 is 0 Å². The van der Waals surface area contributed by atoms with Gasteiger partial charge in [0, 0.05) is 0 Å². The molecule has 2 aromatic carbocycles. The van der Waals surface area contributed by atoms with Crippen LogP contribution in [0.25, 0.3) is 10.8 Å². The molecule has 3 saturated carbocycles. The van der Waals surface area contributed by atoms with E-state index in [0.29, 0.717) is 16.7 Å². The molecule has 0 saturated heterocycles. The van der Waals surface area contributed by atoms with E-state index in [9.17, 15) is 0 Å². The van der Waals surface area contributed by atoms with Crippen molar-refractivity contribution in [3.63, 3.8) is 0 Å². The monoisotopic (exact) mass is 320 g/mol. The summed E-state index contributed by atoms with van der Waals surface area (Å²) in [5.41, 5.74) is 3.95. The zero-order valence-electron chi connectivity index (χ0n) is 16.0. The van der Waals surface area contributed by atoms with Crippen molar-refractivity contribution in [2.45, 2.75) is 66.2 Å². The number of benzene rings is 2. The molecular weight excluding hydrogens is 288 g/mol. The van der Waals surface area contributed by atoms with Gasteiger partial charge in [0.2, 0.25) is 0 Å². The lowest BCUT2D eigenvalue weighted by Crippen LogP contribution is -2.50. The van der Waals surface area contributed by atoms with E-state index in [0.717, 1.165) is 11.8 Å². The molecule has 0 spiro atoms. The maximum atomic E-state index is 2.60. The van der Waals surface area contributed by atoms with Crippen LogP contribution in [0, 0.1) is 29.6 Å². The Morgan fingerprint density at radius 3 is 2.38 bits per heavy atom. The Hall–Kier alpha value is -1.30. The van der Waals surface area contributed by atoms with Crippen molar-refractivity contribution in [3.05, 3.63) is 47.5 Å². The van der Waals surface area contributed by atoms with Gasteiger partial charge in [-0.2, -0.15) is 0 Å². The summed E-state index contributed by atoms with van der Waals surface area (Å²) in [5.74, 6) is 2.42. The van der Waals surface area contributed by atoms with Crippen LogP contribution in [0.5, 0.6) is 0 Å². The first-order valence-corrected chi connectivity index (χ1v) is 9.80. The van der Waals surface area contributed by atoms with Crippen LogP contribution >= 0.6 is 0 Å². The Labute approximate surface area is 147 Å². The molecule has 128 valence electrons. The van der Waals surface area contributed by atoms with Gasteiger partial charge in [-0.15, -0.1) is 0 Å². The van der Waals surface area contributed by atoms with E-state index in [4.69, 9.17) is 0 Å². The Bertz CT molecular complexity index is 769. The second-order valence-electron chi connectivity index (χ2n) is 9.67. The molecule has 0 nitrogen and oxygen atoms in total. The van der Waals surface area contributed by atoms with Crippen molar-refractivity contribution in [2.24, 2.45) is 22.7 Å². The van der Waals surface area contributed by atoms with E-state index in [1.54, 1.807) is 5.56 Å².